The van der Waals surface area contributed by atoms with Gasteiger partial charge in [-0.1, -0.05) is 22.8 Å². The monoisotopic (exact) mass is 293 g/mol. The van der Waals surface area contributed by atoms with E-state index in [0.29, 0.717) is 16.6 Å². The summed E-state index contributed by atoms with van der Waals surface area (Å²) in [5.74, 6) is 0.855. The van der Waals surface area contributed by atoms with Crippen molar-refractivity contribution in [3.63, 3.8) is 0 Å². The minimum atomic E-state index is -0.427. The lowest BCUT2D eigenvalue weighted by molar-refractivity contribution is -0.116. The molecule has 0 saturated heterocycles. The molecule has 1 aromatic carbocycles. The smallest absolute Gasteiger partial charge is 0.247 e. The van der Waals surface area contributed by atoms with Crippen LogP contribution < -0.4 is 10.6 Å². The van der Waals surface area contributed by atoms with Crippen LogP contribution in [0.5, 0.6) is 0 Å². The van der Waals surface area contributed by atoms with Gasteiger partial charge in [-0.2, -0.15) is 0 Å². The molecule has 20 heavy (non-hydrogen) atoms. The van der Waals surface area contributed by atoms with Crippen molar-refractivity contribution in [2.75, 3.05) is 10.6 Å². The Labute approximate surface area is 122 Å². The van der Waals surface area contributed by atoms with E-state index in [1.165, 1.54) is 0 Å². The van der Waals surface area contributed by atoms with Crippen molar-refractivity contribution in [2.24, 2.45) is 0 Å². The van der Waals surface area contributed by atoms with E-state index in [4.69, 9.17) is 16.1 Å². The van der Waals surface area contributed by atoms with Crippen LogP contribution in [0.3, 0.4) is 0 Å². The molecule has 2 N–H and O–H groups in total. The fourth-order valence-electron chi connectivity index (χ4n) is 1.72. The first-order valence-electron chi connectivity index (χ1n) is 6.23. The van der Waals surface area contributed by atoms with Crippen LogP contribution in [0.15, 0.2) is 28.8 Å². The van der Waals surface area contributed by atoms with Crippen LogP contribution in [0.25, 0.3) is 0 Å². The molecular formula is C14H16ClN3O2. The van der Waals surface area contributed by atoms with Gasteiger partial charge in [0.1, 0.15) is 11.8 Å². The standard InChI is InChI=1S/C14H16ClN3O2/c1-8-7-13(18-20-8)17-14(19)10(3)16-12-6-4-5-11(15)9(12)2/h4-7,10,16H,1-3H3,(H,17,18,19)/t10-/m1/s1. The summed E-state index contributed by atoms with van der Waals surface area (Å²) in [7, 11) is 0. The number of nitrogens with zero attached hydrogens (tertiary/aromatic N) is 1. The molecule has 0 unspecified atom stereocenters. The molecular weight excluding hydrogens is 278 g/mol. The second kappa shape index (κ2) is 5.96. The molecule has 0 radical (unpaired) electrons. The molecule has 0 fully saturated rings. The topological polar surface area (TPSA) is 67.2 Å². The van der Waals surface area contributed by atoms with Crippen molar-refractivity contribution in [2.45, 2.75) is 26.8 Å². The van der Waals surface area contributed by atoms with Crippen molar-refractivity contribution in [1.82, 2.24) is 5.16 Å². The summed E-state index contributed by atoms with van der Waals surface area (Å²) >= 11 is 6.05. The lowest BCUT2D eigenvalue weighted by atomic mass is 10.2. The third kappa shape index (κ3) is 3.30. The van der Waals surface area contributed by atoms with Crippen molar-refractivity contribution >= 4 is 29.0 Å². The van der Waals surface area contributed by atoms with Crippen LogP contribution in [0, 0.1) is 13.8 Å². The minimum Gasteiger partial charge on any atom is -0.374 e. The van der Waals surface area contributed by atoms with Gasteiger partial charge in [-0.3, -0.25) is 4.79 Å². The number of aryl methyl sites for hydroxylation is 1. The summed E-state index contributed by atoms with van der Waals surface area (Å²) in [4.78, 5) is 12.0. The zero-order valence-corrected chi connectivity index (χ0v) is 12.3. The number of anilines is 2. The fraction of sp³-hybridized carbons (Fsp3) is 0.286. The highest BCUT2D eigenvalue weighted by molar-refractivity contribution is 6.31. The van der Waals surface area contributed by atoms with Gasteiger partial charge >= 0.3 is 0 Å². The summed E-state index contributed by atoms with van der Waals surface area (Å²) in [6.07, 6.45) is 0. The van der Waals surface area contributed by atoms with E-state index >= 15 is 0 Å². The number of halogens is 1. The van der Waals surface area contributed by atoms with Gasteiger partial charge in [0.15, 0.2) is 5.82 Å². The Bertz CT molecular complexity index is 625. The van der Waals surface area contributed by atoms with Gasteiger partial charge in [0.25, 0.3) is 0 Å². The van der Waals surface area contributed by atoms with Gasteiger partial charge in [0.05, 0.1) is 0 Å². The number of benzene rings is 1. The first-order chi connectivity index (χ1) is 9.47. The Morgan fingerprint density at radius 2 is 2.15 bits per heavy atom. The molecule has 0 saturated carbocycles. The van der Waals surface area contributed by atoms with Crippen molar-refractivity contribution in [1.29, 1.82) is 0 Å². The maximum Gasteiger partial charge on any atom is 0.247 e. The number of carbonyl (C=O) groups is 1. The quantitative estimate of drug-likeness (QED) is 0.907. The molecule has 6 heteroatoms. The Kier molecular flexibility index (Phi) is 4.29. The van der Waals surface area contributed by atoms with Gasteiger partial charge in [-0.05, 0) is 38.5 Å². The Hall–Kier alpha value is -2.01. The molecule has 0 spiro atoms. The van der Waals surface area contributed by atoms with Gasteiger partial charge < -0.3 is 15.2 Å². The highest BCUT2D eigenvalue weighted by Gasteiger charge is 2.15. The molecule has 1 heterocycles. The number of aromatic nitrogens is 1. The lowest BCUT2D eigenvalue weighted by Gasteiger charge is -2.16. The van der Waals surface area contributed by atoms with Crippen LogP contribution in [-0.2, 0) is 4.79 Å². The second-order valence-corrected chi connectivity index (χ2v) is 5.00. The average molecular weight is 294 g/mol. The van der Waals surface area contributed by atoms with E-state index < -0.39 is 6.04 Å². The minimum absolute atomic E-state index is 0.197. The van der Waals surface area contributed by atoms with Crippen molar-refractivity contribution in [3.8, 4) is 0 Å². The number of nitrogens with one attached hydrogen (secondary N) is 2. The first kappa shape index (κ1) is 14.4. The number of rotatable bonds is 4. The van der Waals surface area contributed by atoms with Crippen LogP contribution >= 0.6 is 11.6 Å². The summed E-state index contributed by atoms with van der Waals surface area (Å²) < 4.78 is 4.90. The Morgan fingerprint density at radius 3 is 2.80 bits per heavy atom. The number of amides is 1. The normalized spacial score (nSPS) is 12.0. The van der Waals surface area contributed by atoms with E-state index in [0.717, 1.165) is 11.3 Å². The van der Waals surface area contributed by atoms with E-state index in [-0.39, 0.29) is 5.91 Å². The van der Waals surface area contributed by atoms with Gasteiger partial charge in [-0.15, -0.1) is 0 Å². The molecule has 2 aromatic rings. The fourth-order valence-corrected chi connectivity index (χ4v) is 1.90. The molecule has 5 nitrogen and oxygen atoms in total. The van der Waals surface area contributed by atoms with Crippen LogP contribution in [-0.4, -0.2) is 17.1 Å². The summed E-state index contributed by atoms with van der Waals surface area (Å²) in [6.45, 7) is 5.43. The molecule has 0 aliphatic heterocycles. The van der Waals surface area contributed by atoms with E-state index in [1.807, 2.05) is 25.1 Å². The van der Waals surface area contributed by atoms with Gasteiger partial charge in [0, 0.05) is 16.8 Å². The number of hydrogen-bond acceptors (Lipinski definition) is 4. The molecule has 0 aliphatic rings. The van der Waals surface area contributed by atoms with Crippen LogP contribution in [0.4, 0.5) is 11.5 Å². The highest BCUT2D eigenvalue weighted by Crippen LogP contribution is 2.23. The van der Waals surface area contributed by atoms with Gasteiger partial charge in [-0.25, -0.2) is 0 Å². The number of carbonyl (C=O) groups excluding carboxylic acids is 1. The van der Waals surface area contributed by atoms with E-state index in [9.17, 15) is 4.79 Å². The molecule has 1 atom stereocenters. The summed E-state index contributed by atoms with van der Waals surface area (Å²) in [5, 5.41) is 10.2. The summed E-state index contributed by atoms with van der Waals surface area (Å²) in [5.41, 5.74) is 1.74. The first-order valence-corrected chi connectivity index (χ1v) is 6.61. The SMILES string of the molecule is Cc1cc(NC(=O)[C@@H](C)Nc2cccc(Cl)c2C)no1. The molecule has 1 aromatic heterocycles. The molecule has 1 amide bonds. The molecule has 0 aliphatic carbocycles. The largest absolute Gasteiger partial charge is 0.374 e. The third-order valence-electron chi connectivity index (χ3n) is 2.91. The second-order valence-electron chi connectivity index (χ2n) is 4.59. The Morgan fingerprint density at radius 1 is 1.40 bits per heavy atom. The van der Waals surface area contributed by atoms with Crippen molar-refractivity contribution < 1.29 is 9.32 Å². The average Bonchev–Trinajstić information content (AvgIpc) is 2.80. The van der Waals surface area contributed by atoms with Gasteiger partial charge in [0.2, 0.25) is 5.91 Å². The highest BCUT2D eigenvalue weighted by atomic mass is 35.5. The Balaban J connectivity index is 2.02. The predicted octanol–water partition coefficient (Wildman–Crippen LogP) is 3.38. The van der Waals surface area contributed by atoms with E-state index in [2.05, 4.69) is 15.8 Å². The predicted molar refractivity (Wildman–Crippen MR) is 79.1 cm³/mol. The zero-order chi connectivity index (χ0) is 14.7. The third-order valence-corrected chi connectivity index (χ3v) is 3.32. The zero-order valence-electron chi connectivity index (χ0n) is 11.5. The van der Waals surface area contributed by atoms with Crippen LogP contribution in [0.2, 0.25) is 5.02 Å². The van der Waals surface area contributed by atoms with Crippen LogP contribution in [0.1, 0.15) is 18.2 Å². The van der Waals surface area contributed by atoms with Crippen molar-refractivity contribution in [3.05, 3.63) is 40.6 Å². The maximum atomic E-state index is 12.0. The molecule has 2 rings (SSSR count). The maximum absolute atomic E-state index is 12.0. The summed E-state index contributed by atoms with van der Waals surface area (Å²) in [6, 6.07) is 6.76. The molecule has 0 bridgehead atoms. The molecule has 106 valence electrons. The lowest BCUT2D eigenvalue weighted by Crippen LogP contribution is -2.32. The van der Waals surface area contributed by atoms with E-state index in [1.54, 1.807) is 19.9 Å². The number of hydrogen-bond donors (Lipinski definition) is 2.